The molecule has 3 saturated heterocycles. The maximum Gasteiger partial charge on any atom is 0.0781 e. The summed E-state index contributed by atoms with van der Waals surface area (Å²) < 4.78 is 17.7. The maximum absolute atomic E-state index is 6.11. The minimum atomic E-state index is 0.136. The monoisotopic (exact) mass is 340 g/mol. The van der Waals surface area contributed by atoms with Crippen LogP contribution in [0.25, 0.3) is 0 Å². The van der Waals surface area contributed by atoms with Gasteiger partial charge in [-0.2, -0.15) is 0 Å². The number of rotatable bonds is 0. The summed E-state index contributed by atoms with van der Waals surface area (Å²) in [5, 5.41) is 2.32. The normalized spacial score (nSPS) is 47.6. The quantitative estimate of drug-likeness (QED) is 0.568. The number of nitrogens with zero attached hydrogens (tertiary/aromatic N) is 1. The van der Waals surface area contributed by atoms with Crippen LogP contribution in [0.15, 0.2) is 0 Å². The van der Waals surface area contributed by atoms with Crippen molar-refractivity contribution < 1.29 is 14.2 Å². The van der Waals surface area contributed by atoms with Crippen molar-refractivity contribution in [2.24, 2.45) is 11.8 Å². The van der Waals surface area contributed by atoms with Gasteiger partial charge in [-0.1, -0.05) is 0 Å². The summed E-state index contributed by atoms with van der Waals surface area (Å²) >= 11 is 0. The van der Waals surface area contributed by atoms with Gasteiger partial charge in [0.1, 0.15) is 0 Å². The lowest BCUT2D eigenvalue weighted by Crippen LogP contribution is -2.42. The Balaban J connectivity index is 1.40. The number of hydrogen-bond donors (Lipinski definition) is 3. The highest BCUT2D eigenvalue weighted by molar-refractivity contribution is 5.00. The molecular weight excluding hydrogens is 308 g/mol. The van der Waals surface area contributed by atoms with E-state index in [2.05, 4.69) is 28.2 Å². The highest BCUT2D eigenvalue weighted by atomic mass is 16.5. The number of hydrazine groups is 2. The molecule has 0 spiro atoms. The molecule has 0 aromatic heterocycles. The lowest BCUT2D eigenvalue weighted by Gasteiger charge is -2.34. The molecule has 7 atom stereocenters. The van der Waals surface area contributed by atoms with Gasteiger partial charge in [-0.05, 0) is 32.1 Å². The maximum atomic E-state index is 6.11. The van der Waals surface area contributed by atoms with Crippen molar-refractivity contribution >= 4 is 0 Å². The zero-order valence-corrected chi connectivity index (χ0v) is 14.7. The molecule has 4 fully saturated rings. The summed E-state index contributed by atoms with van der Waals surface area (Å²) in [4.78, 5) is 0. The molecule has 4 aliphatic rings. The van der Waals surface area contributed by atoms with Gasteiger partial charge in [0.25, 0.3) is 0 Å². The predicted molar refractivity (Wildman–Crippen MR) is 90.2 cm³/mol. The summed E-state index contributed by atoms with van der Waals surface area (Å²) in [7, 11) is 0. The van der Waals surface area contributed by atoms with Crippen molar-refractivity contribution in [1.29, 1.82) is 0 Å². The van der Waals surface area contributed by atoms with E-state index < -0.39 is 0 Å². The molecule has 0 aromatic rings. The van der Waals surface area contributed by atoms with Gasteiger partial charge in [-0.3, -0.25) is 16.3 Å². The SMILES string of the molecule is C[C@H]1COCCOC2CCC3NNC(C4CNN(CCO1)C4)C3C2. The van der Waals surface area contributed by atoms with Gasteiger partial charge >= 0.3 is 0 Å². The molecule has 3 N–H and O–H groups in total. The van der Waals surface area contributed by atoms with E-state index in [0.717, 1.165) is 39.1 Å². The molecule has 0 amide bonds. The third-order valence-corrected chi connectivity index (χ3v) is 5.99. The van der Waals surface area contributed by atoms with E-state index in [1.165, 1.54) is 6.42 Å². The van der Waals surface area contributed by atoms with Crippen molar-refractivity contribution in [2.75, 3.05) is 46.1 Å². The van der Waals surface area contributed by atoms with Gasteiger partial charge in [0.05, 0.1) is 38.6 Å². The van der Waals surface area contributed by atoms with Gasteiger partial charge in [0.15, 0.2) is 0 Å². The number of fused-ring (bicyclic) bond motifs is 4. The highest BCUT2D eigenvalue weighted by Gasteiger charge is 2.45. The first-order valence-electron chi connectivity index (χ1n) is 9.60. The van der Waals surface area contributed by atoms with Crippen LogP contribution in [0.4, 0.5) is 0 Å². The summed E-state index contributed by atoms with van der Waals surface area (Å²) in [5.41, 5.74) is 10.7. The summed E-state index contributed by atoms with van der Waals surface area (Å²) in [6, 6.07) is 1.13. The fraction of sp³-hybridized carbons (Fsp3) is 1.00. The highest BCUT2D eigenvalue weighted by Crippen LogP contribution is 2.35. The molecule has 6 unspecified atom stereocenters. The van der Waals surface area contributed by atoms with E-state index in [1.54, 1.807) is 0 Å². The fourth-order valence-corrected chi connectivity index (χ4v) is 4.68. The van der Waals surface area contributed by atoms with Crippen LogP contribution in [0.2, 0.25) is 0 Å². The van der Waals surface area contributed by atoms with Gasteiger partial charge in [-0.25, -0.2) is 5.01 Å². The molecule has 138 valence electrons. The fourth-order valence-electron chi connectivity index (χ4n) is 4.68. The second-order valence-electron chi connectivity index (χ2n) is 7.72. The zero-order valence-electron chi connectivity index (χ0n) is 14.7. The minimum absolute atomic E-state index is 0.136. The second-order valence-corrected chi connectivity index (χ2v) is 7.72. The number of nitrogens with one attached hydrogen (secondary N) is 3. The van der Waals surface area contributed by atoms with E-state index in [1.807, 2.05) is 0 Å². The third-order valence-electron chi connectivity index (χ3n) is 5.99. The van der Waals surface area contributed by atoms with E-state index in [-0.39, 0.29) is 6.10 Å². The second kappa shape index (κ2) is 7.95. The lowest BCUT2D eigenvalue weighted by molar-refractivity contribution is -0.0518. The van der Waals surface area contributed by atoms with Crippen molar-refractivity contribution in [1.82, 2.24) is 21.3 Å². The Morgan fingerprint density at radius 1 is 1.04 bits per heavy atom. The largest absolute Gasteiger partial charge is 0.376 e. The van der Waals surface area contributed by atoms with Crippen molar-refractivity contribution in [3.63, 3.8) is 0 Å². The number of ether oxygens (including phenoxy) is 3. The molecule has 0 aromatic carbocycles. The molecule has 1 saturated carbocycles. The zero-order chi connectivity index (χ0) is 16.4. The van der Waals surface area contributed by atoms with Crippen LogP contribution >= 0.6 is 0 Å². The molecule has 0 radical (unpaired) electrons. The molecule has 7 nitrogen and oxygen atoms in total. The molecule has 3 heterocycles. The van der Waals surface area contributed by atoms with Crippen LogP contribution in [0.3, 0.4) is 0 Å². The average Bonchev–Trinajstić information content (AvgIpc) is 3.20. The smallest absolute Gasteiger partial charge is 0.0781 e. The van der Waals surface area contributed by atoms with Crippen LogP contribution in [-0.2, 0) is 14.2 Å². The van der Waals surface area contributed by atoms with Crippen LogP contribution in [-0.4, -0.2) is 75.4 Å². The average molecular weight is 340 g/mol. The van der Waals surface area contributed by atoms with Crippen LogP contribution in [0.1, 0.15) is 26.2 Å². The van der Waals surface area contributed by atoms with Crippen LogP contribution in [0, 0.1) is 11.8 Å². The van der Waals surface area contributed by atoms with Crippen LogP contribution in [0.5, 0.6) is 0 Å². The molecule has 1 aliphatic carbocycles. The molecular formula is C17H32N4O3. The standard InChI is InChI=1S/C17H32N4O3/c1-12-11-22-6-7-24-14-2-3-16-15(8-14)17(20-19-16)13-9-18-21(10-13)4-5-23-12/h12-20H,2-11H2,1H3/t12-,13?,14?,15?,16?,17?/m0/s1. The number of hydrogen-bond acceptors (Lipinski definition) is 7. The molecule has 4 rings (SSSR count). The van der Waals surface area contributed by atoms with E-state index in [0.29, 0.717) is 49.8 Å². The van der Waals surface area contributed by atoms with Gasteiger partial charge in [0, 0.05) is 37.6 Å². The molecule has 3 aliphatic heterocycles. The first-order valence-corrected chi connectivity index (χ1v) is 9.60. The molecule has 4 bridgehead atoms. The van der Waals surface area contributed by atoms with Crippen molar-refractivity contribution in [2.45, 2.75) is 50.5 Å². The van der Waals surface area contributed by atoms with Gasteiger partial charge in [-0.15, -0.1) is 0 Å². The minimum Gasteiger partial charge on any atom is -0.376 e. The van der Waals surface area contributed by atoms with Gasteiger partial charge < -0.3 is 14.2 Å². The van der Waals surface area contributed by atoms with Crippen molar-refractivity contribution in [3.8, 4) is 0 Å². The van der Waals surface area contributed by atoms with E-state index in [4.69, 9.17) is 14.2 Å². The first-order chi connectivity index (χ1) is 11.8. The van der Waals surface area contributed by atoms with Crippen molar-refractivity contribution in [3.05, 3.63) is 0 Å². The Morgan fingerprint density at radius 2 is 2.00 bits per heavy atom. The topological polar surface area (TPSA) is 67.0 Å². The van der Waals surface area contributed by atoms with Gasteiger partial charge in [0.2, 0.25) is 0 Å². The lowest BCUT2D eigenvalue weighted by atomic mass is 9.76. The Morgan fingerprint density at radius 3 is 2.96 bits per heavy atom. The summed E-state index contributed by atoms with van der Waals surface area (Å²) in [5.74, 6) is 1.31. The molecule has 24 heavy (non-hydrogen) atoms. The van der Waals surface area contributed by atoms with Crippen LogP contribution < -0.4 is 16.3 Å². The Kier molecular flexibility index (Phi) is 5.68. The van der Waals surface area contributed by atoms with E-state index in [9.17, 15) is 0 Å². The Bertz CT molecular complexity index is 413. The Hall–Kier alpha value is -0.280. The van der Waals surface area contributed by atoms with E-state index >= 15 is 0 Å². The first kappa shape index (κ1) is 17.1. The molecule has 7 heteroatoms. The Labute approximate surface area is 144 Å². The predicted octanol–water partition coefficient (Wildman–Crippen LogP) is -0.112. The summed E-state index contributed by atoms with van der Waals surface area (Å²) in [6.45, 7) is 7.88. The summed E-state index contributed by atoms with van der Waals surface area (Å²) in [6.07, 6.45) is 4.03. The third kappa shape index (κ3) is 3.93.